The van der Waals surface area contributed by atoms with Crippen LogP contribution in [0.5, 0.6) is 0 Å². The lowest BCUT2D eigenvalue weighted by Gasteiger charge is -2.16. The van der Waals surface area contributed by atoms with Gasteiger partial charge in [-0.2, -0.15) is 0 Å². The first kappa shape index (κ1) is 19.1. The molecule has 4 amide bonds. The van der Waals surface area contributed by atoms with E-state index in [2.05, 4.69) is 10.1 Å². The predicted molar refractivity (Wildman–Crippen MR) is 102 cm³/mol. The molecule has 0 saturated carbocycles. The number of nitrogens with zero attached hydrogens (tertiary/aromatic N) is 2. The molecule has 0 bridgehead atoms. The largest absolute Gasteiger partial charge is 0.452 e. The second-order valence-electron chi connectivity index (χ2n) is 6.18. The quantitative estimate of drug-likeness (QED) is 0.803. The monoisotopic (exact) mass is 381 g/mol. The van der Waals surface area contributed by atoms with Gasteiger partial charge in [0.05, 0.1) is 18.2 Å². The van der Waals surface area contributed by atoms with Crippen molar-refractivity contribution in [2.45, 2.75) is 6.42 Å². The van der Waals surface area contributed by atoms with Crippen LogP contribution >= 0.6 is 0 Å². The molecule has 1 aliphatic rings. The van der Waals surface area contributed by atoms with Gasteiger partial charge >= 0.3 is 6.09 Å². The highest BCUT2D eigenvalue weighted by Gasteiger charge is 2.34. The Hall–Kier alpha value is -3.68. The van der Waals surface area contributed by atoms with Crippen molar-refractivity contribution in [1.82, 2.24) is 4.90 Å². The third-order valence-corrected chi connectivity index (χ3v) is 4.43. The van der Waals surface area contributed by atoms with E-state index in [-0.39, 0.29) is 30.7 Å². The Labute approximate surface area is 161 Å². The molecule has 144 valence electrons. The van der Waals surface area contributed by atoms with E-state index in [4.69, 9.17) is 0 Å². The second kappa shape index (κ2) is 7.91. The molecule has 2 aromatic carbocycles. The molecule has 0 aromatic heterocycles. The number of hydrogen-bond donors (Lipinski definition) is 1. The molecule has 1 heterocycles. The van der Waals surface area contributed by atoms with E-state index < -0.39 is 6.09 Å². The van der Waals surface area contributed by atoms with Crippen LogP contribution in [0, 0.1) is 0 Å². The van der Waals surface area contributed by atoms with Gasteiger partial charge in [0.15, 0.2) is 0 Å². The first-order chi connectivity index (χ1) is 13.4. The summed E-state index contributed by atoms with van der Waals surface area (Å²) in [7, 11) is 2.86. The van der Waals surface area contributed by atoms with Crippen LogP contribution in [0.3, 0.4) is 0 Å². The third-order valence-electron chi connectivity index (χ3n) is 4.43. The number of anilines is 2. The van der Waals surface area contributed by atoms with Crippen LogP contribution < -0.4 is 10.2 Å². The Bertz CT molecular complexity index is 904. The maximum Gasteiger partial charge on any atom is 0.413 e. The molecule has 0 fully saturated rings. The molecule has 28 heavy (non-hydrogen) atoms. The van der Waals surface area contributed by atoms with Crippen molar-refractivity contribution in [2.75, 3.05) is 30.9 Å². The highest BCUT2D eigenvalue weighted by atomic mass is 16.5. The molecule has 1 N–H and O–H groups in total. The van der Waals surface area contributed by atoms with Crippen LogP contribution in [0.1, 0.15) is 27.1 Å². The molecule has 1 aliphatic heterocycles. The fraction of sp³-hybridized carbons (Fsp3) is 0.200. The molecule has 0 atom stereocenters. The molecular weight excluding hydrogens is 362 g/mol. The molecule has 0 saturated heterocycles. The van der Waals surface area contributed by atoms with Crippen LogP contribution in [-0.2, 0) is 9.53 Å². The number of amides is 4. The zero-order valence-corrected chi connectivity index (χ0v) is 15.5. The molecule has 0 spiro atoms. The minimum atomic E-state index is -0.502. The van der Waals surface area contributed by atoms with Crippen LogP contribution in [0.15, 0.2) is 48.5 Å². The number of rotatable bonds is 5. The average molecular weight is 381 g/mol. The lowest BCUT2D eigenvalue weighted by Crippen LogP contribution is -2.32. The van der Waals surface area contributed by atoms with Gasteiger partial charge in [0, 0.05) is 31.4 Å². The number of methoxy groups -OCH3 is 1. The van der Waals surface area contributed by atoms with Gasteiger partial charge in [0.2, 0.25) is 5.91 Å². The molecule has 2 aromatic rings. The summed E-state index contributed by atoms with van der Waals surface area (Å²) in [6.07, 6.45) is -0.521. The number of hydrogen-bond acceptors (Lipinski definition) is 5. The molecule has 0 radical (unpaired) electrons. The summed E-state index contributed by atoms with van der Waals surface area (Å²) < 4.78 is 4.64. The van der Waals surface area contributed by atoms with E-state index >= 15 is 0 Å². The maximum atomic E-state index is 12.3. The van der Waals surface area contributed by atoms with Crippen molar-refractivity contribution in [3.8, 4) is 0 Å². The summed E-state index contributed by atoms with van der Waals surface area (Å²) >= 11 is 0. The zero-order valence-electron chi connectivity index (χ0n) is 15.5. The first-order valence-corrected chi connectivity index (χ1v) is 8.59. The first-order valence-electron chi connectivity index (χ1n) is 8.59. The van der Waals surface area contributed by atoms with Crippen molar-refractivity contribution in [3.05, 3.63) is 59.7 Å². The number of benzene rings is 2. The Morgan fingerprint density at radius 3 is 2.11 bits per heavy atom. The summed E-state index contributed by atoms with van der Waals surface area (Å²) in [6, 6.07) is 13.2. The van der Waals surface area contributed by atoms with E-state index in [0.717, 1.165) is 4.90 Å². The number of carbonyl (C=O) groups excluding carboxylic acids is 4. The predicted octanol–water partition coefficient (Wildman–Crippen LogP) is 2.51. The molecule has 3 rings (SSSR count). The standard InChI is InChI=1S/C20H19N3O5/c1-22(20(27)28-2)14-9-7-13(8-10-14)21-17(24)11-12-23-18(25)15-5-3-4-6-16(15)19(23)26/h3-10H,11-12H2,1-2H3,(H,21,24). The topological polar surface area (TPSA) is 96.0 Å². The van der Waals surface area contributed by atoms with Gasteiger partial charge in [-0.3, -0.25) is 24.2 Å². The van der Waals surface area contributed by atoms with Crippen LogP contribution in [0.4, 0.5) is 16.2 Å². The van der Waals surface area contributed by atoms with Crippen LogP contribution in [0.25, 0.3) is 0 Å². The van der Waals surface area contributed by atoms with Crippen molar-refractivity contribution >= 4 is 35.2 Å². The van der Waals surface area contributed by atoms with Gasteiger partial charge in [-0.25, -0.2) is 4.79 Å². The van der Waals surface area contributed by atoms with Gasteiger partial charge in [0.25, 0.3) is 11.8 Å². The van der Waals surface area contributed by atoms with E-state index in [0.29, 0.717) is 22.5 Å². The molecule has 8 nitrogen and oxygen atoms in total. The Morgan fingerprint density at radius 1 is 1.00 bits per heavy atom. The molecule has 8 heteroatoms. The number of imide groups is 1. The number of fused-ring (bicyclic) bond motifs is 1. The Kier molecular flexibility index (Phi) is 5.39. The normalized spacial score (nSPS) is 12.6. The van der Waals surface area contributed by atoms with Gasteiger partial charge in [-0.15, -0.1) is 0 Å². The van der Waals surface area contributed by atoms with Crippen molar-refractivity contribution in [2.24, 2.45) is 0 Å². The van der Waals surface area contributed by atoms with Crippen molar-refractivity contribution < 1.29 is 23.9 Å². The van der Waals surface area contributed by atoms with E-state index in [9.17, 15) is 19.2 Å². The summed E-state index contributed by atoms with van der Waals surface area (Å²) in [5.74, 6) is -1.10. The summed E-state index contributed by atoms with van der Waals surface area (Å²) in [4.78, 5) is 50.7. The smallest absolute Gasteiger partial charge is 0.413 e. The number of ether oxygens (including phenoxy) is 1. The third kappa shape index (κ3) is 3.71. The van der Waals surface area contributed by atoms with Crippen LogP contribution in [0.2, 0.25) is 0 Å². The van der Waals surface area contributed by atoms with Gasteiger partial charge in [-0.05, 0) is 36.4 Å². The number of nitrogens with one attached hydrogen (secondary N) is 1. The van der Waals surface area contributed by atoms with E-state index in [1.165, 1.54) is 12.0 Å². The summed E-state index contributed by atoms with van der Waals surface area (Å²) in [5.41, 5.74) is 1.86. The lowest BCUT2D eigenvalue weighted by molar-refractivity contribution is -0.116. The van der Waals surface area contributed by atoms with Crippen molar-refractivity contribution in [1.29, 1.82) is 0 Å². The molecular formula is C20H19N3O5. The summed E-state index contributed by atoms with van der Waals surface area (Å²) in [5, 5.41) is 2.70. The van der Waals surface area contributed by atoms with Gasteiger partial charge in [0.1, 0.15) is 0 Å². The maximum absolute atomic E-state index is 12.3. The zero-order chi connectivity index (χ0) is 20.3. The fourth-order valence-corrected chi connectivity index (χ4v) is 2.89. The Morgan fingerprint density at radius 2 is 1.57 bits per heavy atom. The SMILES string of the molecule is COC(=O)N(C)c1ccc(NC(=O)CCN2C(=O)c3ccccc3C2=O)cc1. The van der Waals surface area contributed by atoms with E-state index in [1.54, 1.807) is 55.6 Å². The minimum absolute atomic E-state index is 0.00133. The molecule has 0 unspecified atom stereocenters. The van der Waals surface area contributed by atoms with Gasteiger partial charge < -0.3 is 10.1 Å². The average Bonchev–Trinajstić information content (AvgIpc) is 2.96. The van der Waals surface area contributed by atoms with E-state index in [1.807, 2.05) is 0 Å². The second-order valence-corrected chi connectivity index (χ2v) is 6.18. The van der Waals surface area contributed by atoms with Crippen LogP contribution in [-0.4, -0.2) is 49.4 Å². The minimum Gasteiger partial charge on any atom is -0.452 e. The fourth-order valence-electron chi connectivity index (χ4n) is 2.89. The molecule has 0 aliphatic carbocycles. The highest BCUT2D eigenvalue weighted by molar-refractivity contribution is 6.21. The Balaban J connectivity index is 1.56. The lowest BCUT2D eigenvalue weighted by atomic mass is 10.1. The van der Waals surface area contributed by atoms with Crippen molar-refractivity contribution in [3.63, 3.8) is 0 Å². The summed E-state index contributed by atoms with van der Waals surface area (Å²) in [6.45, 7) is 0.00133. The van der Waals surface area contributed by atoms with Gasteiger partial charge in [-0.1, -0.05) is 12.1 Å². The highest BCUT2D eigenvalue weighted by Crippen LogP contribution is 2.23. The number of carbonyl (C=O) groups is 4.